The topological polar surface area (TPSA) is 55.6 Å². The predicted molar refractivity (Wildman–Crippen MR) is 67.7 cm³/mol. The molecule has 1 aromatic heterocycles. The molecule has 18 heavy (non-hydrogen) atoms. The first-order valence-corrected chi connectivity index (χ1v) is 7.00. The predicted octanol–water partition coefficient (Wildman–Crippen LogP) is 1.33. The molecule has 0 N–H and O–H groups in total. The fraction of sp³-hybridized carbons (Fsp3) is 0.667. The van der Waals surface area contributed by atoms with Crippen molar-refractivity contribution in [3.8, 4) is 0 Å². The Labute approximate surface area is 110 Å². The van der Waals surface area contributed by atoms with E-state index in [4.69, 9.17) is 9.26 Å². The van der Waals surface area contributed by atoms with Gasteiger partial charge in [-0.05, 0) is 13.3 Å². The summed E-state index contributed by atoms with van der Waals surface area (Å²) in [5.41, 5.74) is 0.411. The minimum Gasteiger partial charge on any atom is -0.381 e. The Morgan fingerprint density at radius 2 is 2.44 bits per heavy atom. The molecule has 98 valence electrons. The Balaban J connectivity index is 1.61. The van der Waals surface area contributed by atoms with Gasteiger partial charge in [-0.15, -0.1) is 11.8 Å². The Hall–Kier alpha value is -1.01. The fourth-order valence-electron chi connectivity index (χ4n) is 2.60. The molecular weight excluding hydrogens is 252 g/mol. The molecular formula is C12H16N2O3S. The Morgan fingerprint density at radius 1 is 1.67 bits per heavy atom. The van der Waals surface area contributed by atoms with Crippen LogP contribution < -0.4 is 0 Å². The second kappa shape index (κ2) is 4.28. The molecule has 0 unspecified atom stereocenters. The Bertz CT molecular complexity index is 468. The summed E-state index contributed by atoms with van der Waals surface area (Å²) >= 11 is 1.92. The van der Waals surface area contributed by atoms with Gasteiger partial charge in [-0.1, -0.05) is 5.16 Å². The molecule has 1 aromatic rings. The molecule has 5 nitrogen and oxygen atoms in total. The summed E-state index contributed by atoms with van der Waals surface area (Å²) < 4.78 is 10.5. The van der Waals surface area contributed by atoms with Crippen molar-refractivity contribution in [1.29, 1.82) is 0 Å². The summed E-state index contributed by atoms with van der Waals surface area (Å²) in [6.07, 6.45) is 1.37. The van der Waals surface area contributed by atoms with Crippen LogP contribution in [0.3, 0.4) is 0 Å². The smallest absolute Gasteiger partial charge is 0.276 e. The number of carbonyl (C=O) groups excluding carboxylic acids is 1. The first-order valence-electron chi connectivity index (χ1n) is 6.01. The molecule has 3 heterocycles. The van der Waals surface area contributed by atoms with Gasteiger partial charge in [0.2, 0.25) is 0 Å². The van der Waals surface area contributed by atoms with Gasteiger partial charge in [0.05, 0.1) is 10.9 Å². The van der Waals surface area contributed by atoms with Gasteiger partial charge >= 0.3 is 0 Å². The van der Waals surface area contributed by atoms with Crippen LogP contribution >= 0.6 is 11.8 Å². The van der Waals surface area contributed by atoms with E-state index in [2.05, 4.69) is 5.16 Å². The van der Waals surface area contributed by atoms with Crippen LogP contribution in [0.5, 0.6) is 0 Å². The van der Waals surface area contributed by atoms with E-state index in [1.54, 1.807) is 20.1 Å². The summed E-state index contributed by atoms with van der Waals surface area (Å²) in [6, 6.07) is 1.69. The molecule has 3 rings (SSSR count). The molecule has 0 saturated carbocycles. The summed E-state index contributed by atoms with van der Waals surface area (Å²) in [5.74, 6) is 1.67. The third-order valence-electron chi connectivity index (χ3n) is 3.60. The van der Waals surface area contributed by atoms with Crippen LogP contribution in [0.15, 0.2) is 10.6 Å². The highest BCUT2D eigenvalue weighted by atomic mass is 32.2. The number of nitrogens with zero attached hydrogens (tertiary/aromatic N) is 2. The zero-order chi connectivity index (χ0) is 12.8. The lowest BCUT2D eigenvalue weighted by molar-refractivity contribution is 0.0443. The van der Waals surface area contributed by atoms with Crippen LogP contribution in [0, 0.1) is 6.92 Å². The fourth-order valence-corrected chi connectivity index (χ4v) is 4.19. The Kier molecular flexibility index (Phi) is 2.86. The zero-order valence-corrected chi connectivity index (χ0v) is 11.3. The monoisotopic (exact) mass is 268 g/mol. The van der Waals surface area contributed by atoms with Crippen LogP contribution in [0.1, 0.15) is 22.7 Å². The Morgan fingerprint density at radius 3 is 3.00 bits per heavy atom. The van der Waals surface area contributed by atoms with Crippen molar-refractivity contribution in [3.05, 3.63) is 17.5 Å². The molecule has 0 aliphatic carbocycles. The number of thioether (sulfide) groups is 1. The largest absolute Gasteiger partial charge is 0.381 e. The number of methoxy groups -OCH3 is 1. The molecule has 6 heteroatoms. The van der Waals surface area contributed by atoms with Gasteiger partial charge in [0, 0.05) is 32.0 Å². The maximum Gasteiger partial charge on any atom is 0.276 e. The van der Waals surface area contributed by atoms with E-state index in [-0.39, 0.29) is 10.7 Å². The molecule has 0 bridgehead atoms. The van der Waals surface area contributed by atoms with Crippen LogP contribution in [0.4, 0.5) is 0 Å². The van der Waals surface area contributed by atoms with Crippen molar-refractivity contribution in [1.82, 2.24) is 10.1 Å². The summed E-state index contributed by atoms with van der Waals surface area (Å²) in [6.45, 7) is 3.38. The lowest BCUT2D eigenvalue weighted by Crippen LogP contribution is -2.60. The standard InChI is InChI=1S/C12H16N2O3S/c1-8-3-10(13-17-8)11(15)14-6-12(7-14)4-9(16-2)5-18-12/h3,9H,4-7H2,1-2H3/t9-/m1/s1. The highest BCUT2D eigenvalue weighted by Crippen LogP contribution is 2.46. The molecule has 1 spiro atoms. The number of carbonyl (C=O) groups is 1. The van der Waals surface area contributed by atoms with E-state index < -0.39 is 0 Å². The minimum absolute atomic E-state index is 0.0288. The van der Waals surface area contributed by atoms with Crippen LogP contribution in [-0.2, 0) is 4.74 Å². The van der Waals surface area contributed by atoms with Crippen LogP contribution in [0.25, 0.3) is 0 Å². The molecule has 1 amide bonds. The molecule has 0 radical (unpaired) electrons. The van der Waals surface area contributed by atoms with Gasteiger partial charge in [0.15, 0.2) is 5.69 Å². The zero-order valence-electron chi connectivity index (χ0n) is 10.5. The van der Waals surface area contributed by atoms with Crippen molar-refractivity contribution >= 4 is 17.7 Å². The van der Waals surface area contributed by atoms with Gasteiger partial charge in [0.1, 0.15) is 5.76 Å². The molecule has 1 atom stereocenters. The van der Waals surface area contributed by atoms with Crippen molar-refractivity contribution in [2.45, 2.75) is 24.2 Å². The number of hydrogen-bond acceptors (Lipinski definition) is 5. The van der Waals surface area contributed by atoms with Crippen molar-refractivity contribution < 1.29 is 14.1 Å². The lowest BCUT2D eigenvalue weighted by Gasteiger charge is -2.47. The normalized spacial score (nSPS) is 25.4. The van der Waals surface area contributed by atoms with E-state index in [9.17, 15) is 4.79 Å². The molecule has 0 aromatic carbocycles. The summed E-state index contributed by atoms with van der Waals surface area (Å²) in [5, 5.41) is 3.77. The van der Waals surface area contributed by atoms with E-state index in [0.29, 0.717) is 17.6 Å². The van der Waals surface area contributed by atoms with Gasteiger partial charge in [-0.25, -0.2) is 0 Å². The number of ether oxygens (including phenoxy) is 1. The maximum absolute atomic E-state index is 12.1. The first kappa shape index (κ1) is 12.0. The molecule has 2 aliphatic rings. The van der Waals surface area contributed by atoms with Gasteiger partial charge in [-0.3, -0.25) is 4.79 Å². The number of likely N-dealkylation sites (tertiary alicyclic amines) is 1. The number of rotatable bonds is 2. The van der Waals surface area contributed by atoms with E-state index in [1.807, 2.05) is 16.7 Å². The van der Waals surface area contributed by atoms with Gasteiger partial charge < -0.3 is 14.2 Å². The first-order chi connectivity index (χ1) is 8.62. The third kappa shape index (κ3) is 1.93. The number of aryl methyl sites for hydroxylation is 1. The van der Waals surface area contributed by atoms with Crippen molar-refractivity contribution in [2.24, 2.45) is 0 Å². The average molecular weight is 268 g/mol. The SMILES string of the molecule is CO[C@H]1CSC2(C1)CN(C(=O)c1cc(C)on1)C2. The third-order valence-corrected chi connectivity index (χ3v) is 5.18. The van der Waals surface area contributed by atoms with Gasteiger partial charge in [0.25, 0.3) is 5.91 Å². The second-order valence-electron chi connectivity index (χ2n) is 5.04. The highest BCUT2D eigenvalue weighted by Gasteiger charge is 2.51. The minimum atomic E-state index is -0.0288. The van der Waals surface area contributed by atoms with Gasteiger partial charge in [-0.2, -0.15) is 0 Å². The lowest BCUT2D eigenvalue weighted by atomic mass is 9.92. The number of hydrogen-bond donors (Lipinski definition) is 0. The number of aromatic nitrogens is 1. The summed E-state index contributed by atoms with van der Waals surface area (Å²) in [7, 11) is 1.75. The molecule has 2 fully saturated rings. The molecule has 2 saturated heterocycles. The average Bonchev–Trinajstić information content (AvgIpc) is 2.92. The second-order valence-corrected chi connectivity index (χ2v) is 6.53. The maximum atomic E-state index is 12.1. The van der Waals surface area contributed by atoms with E-state index >= 15 is 0 Å². The van der Waals surface area contributed by atoms with Crippen LogP contribution in [0.2, 0.25) is 0 Å². The highest BCUT2D eigenvalue weighted by molar-refractivity contribution is 8.01. The van der Waals surface area contributed by atoms with E-state index in [0.717, 1.165) is 25.3 Å². The van der Waals surface area contributed by atoms with E-state index in [1.165, 1.54) is 0 Å². The quantitative estimate of drug-likeness (QED) is 0.810. The summed E-state index contributed by atoms with van der Waals surface area (Å²) in [4.78, 5) is 13.9. The van der Waals surface area contributed by atoms with Crippen molar-refractivity contribution in [3.63, 3.8) is 0 Å². The van der Waals surface area contributed by atoms with Crippen LogP contribution in [-0.4, -0.2) is 52.8 Å². The molecule has 2 aliphatic heterocycles. The van der Waals surface area contributed by atoms with Crippen molar-refractivity contribution in [2.75, 3.05) is 26.0 Å². The number of amides is 1.